The van der Waals surface area contributed by atoms with Crippen LogP contribution in [0.2, 0.25) is 0 Å². The predicted molar refractivity (Wildman–Crippen MR) is 300 cm³/mol. The van der Waals surface area contributed by atoms with Crippen LogP contribution in [0.15, 0.2) is 123 Å². The highest BCUT2D eigenvalue weighted by Gasteiger charge is 2.17. The molecule has 0 spiro atoms. The monoisotopic (exact) mass is 1210 g/mol. The van der Waals surface area contributed by atoms with Crippen LogP contribution >= 0.6 is 101 Å². The van der Waals surface area contributed by atoms with E-state index in [0.717, 1.165) is 46.1 Å². The second kappa shape index (κ2) is 37.1. The van der Waals surface area contributed by atoms with Crippen LogP contribution in [0.5, 0.6) is 0 Å². The number of nitrogens with zero attached hydrogens (tertiary/aromatic N) is 6. The summed E-state index contributed by atoms with van der Waals surface area (Å²) in [5, 5.41) is 33.0. The zero-order valence-corrected chi connectivity index (χ0v) is 45.2. The number of nitrogens with two attached hydrogens (primary N) is 1. The van der Waals surface area contributed by atoms with Gasteiger partial charge in [0.05, 0.1) is 10.5 Å². The molecule has 9 aromatic heterocycles. The quantitative estimate of drug-likeness (QED) is 0.0695. The number of fused-ring (bicyclic) bond motifs is 4. The van der Waals surface area contributed by atoms with E-state index >= 15 is 0 Å². The molecule has 0 aromatic carbocycles. The average Bonchev–Trinajstić information content (AvgIpc) is 4.22. The van der Waals surface area contributed by atoms with E-state index in [1.165, 1.54) is 39.1 Å². The zero-order chi connectivity index (χ0) is 47.9. The van der Waals surface area contributed by atoms with Crippen molar-refractivity contribution in [1.82, 2.24) is 19.9 Å². The Hall–Kier alpha value is -3.73. The van der Waals surface area contributed by atoms with Crippen molar-refractivity contribution in [2.24, 2.45) is 5.73 Å². The van der Waals surface area contributed by atoms with Crippen LogP contribution < -0.4 is 5.73 Å². The first-order valence-electron chi connectivity index (χ1n) is 20.0. The first kappa shape index (κ1) is 62.3. The summed E-state index contributed by atoms with van der Waals surface area (Å²) >= 11 is 16.6. The van der Waals surface area contributed by atoms with Gasteiger partial charge in [0, 0.05) is 135 Å². The molecule has 9 heterocycles. The molecule has 9 aromatic rings. The molecule has 0 amide bonds. The van der Waals surface area contributed by atoms with E-state index in [0.29, 0.717) is 39.4 Å². The third kappa shape index (κ3) is 21.5. The van der Waals surface area contributed by atoms with Crippen molar-refractivity contribution >= 4 is 147 Å². The fourth-order valence-electron chi connectivity index (χ4n) is 5.31. The van der Waals surface area contributed by atoms with E-state index in [4.69, 9.17) is 29.9 Å². The molecule has 13 nitrogen and oxygen atoms in total. The maximum atomic E-state index is 9.88. The number of nitro groups is 1. The molecule has 0 atom stereocenters. The molecular weight excluding hydrogens is 1160 g/mol. The minimum atomic E-state index is -0.398. The van der Waals surface area contributed by atoms with Gasteiger partial charge in [-0.25, -0.2) is 19.9 Å². The van der Waals surface area contributed by atoms with E-state index in [1.807, 2.05) is 75.8 Å². The van der Waals surface area contributed by atoms with E-state index in [2.05, 4.69) is 111 Å². The Morgan fingerprint density at radius 1 is 0.647 bits per heavy atom. The first-order valence-corrected chi connectivity index (χ1v) is 28.9. The molecular formula is C47H56Br3N7O6S5. The number of ether oxygens (including phenoxy) is 4. The van der Waals surface area contributed by atoms with Crippen LogP contribution in [-0.4, -0.2) is 63.9 Å². The van der Waals surface area contributed by atoms with Crippen molar-refractivity contribution in [2.45, 2.75) is 68.1 Å². The Bertz CT molecular complexity index is 2670. The topological polar surface area (TPSA) is 181 Å². The highest BCUT2D eigenvalue weighted by Crippen LogP contribution is 2.28. The Kier molecular flexibility index (Phi) is 34.0. The van der Waals surface area contributed by atoms with Gasteiger partial charge in [0.15, 0.2) is 12.6 Å². The number of pyridine rings is 4. The van der Waals surface area contributed by atoms with Gasteiger partial charge in [-0.1, -0.05) is 38.3 Å². The lowest BCUT2D eigenvalue weighted by Gasteiger charge is -2.23. The maximum Gasteiger partial charge on any atom is 0.324 e. The molecule has 0 aliphatic carbocycles. The second-order valence-corrected chi connectivity index (χ2v) is 17.6. The Morgan fingerprint density at radius 2 is 1.13 bits per heavy atom. The van der Waals surface area contributed by atoms with E-state index in [-0.39, 0.29) is 32.4 Å². The van der Waals surface area contributed by atoms with Crippen LogP contribution in [0, 0.1) is 21.4 Å². The number of nitriles is 1. The molecule has 2 N–H and O–H groups in total. The van der Waals surface area contributed by atoms with Crippen molar-refractivity contribution in [3.05, 3.63) is 144 Å². The summed E-state index contributed by atoms with van der Waals surface area (Å²) in [5.74, 6) is 0. The average molecular weight is 1220 g/mol. The molecule has 0 saturated heterocycles. The Morgan fingerprint density at radius 3 is 1.60 bits per heavy atom. The van der Waals surface area contributed by atoms with Crippen LogP contribution in [0.1, 0.15) is 60.1 Å². The molecule has 0 fully saturated rings. The summed E-state index contributed by atoms with van der Waals surface area (Å²) < 4.78 is 22.8. The molecule has 0 aliphatic rings. The van der Waals surface area contributed by atoms with Gasteiger partial charge in [-0.15, -0.1) is 45.3 Å². The molecule has 0 bridgehead atoms. The minimum absolute atomic E-state index is 0. The van der Waals surface area contributed by atoms with Gasteiger partial charge < -0.3 is 24.7 Å². The van der Waals surface area contributed by atoms with Gasteiger partial charge in [-0.2, -0.15) is 5.26 Å². The third-order valence-electron chi connectivity index (χ3n) is 8.13. The molecule has 0 unspecified atom stereocenters. The lowest BCUT2D eigenvalue weighted by atomic mass is 10.2. The number of halogens is 3. The standard InChI is InChI=1S/C11H24O4.C8H8N2S.C8H4N2S.C7H4BrNS.C7H5NS.C4H3NO2S.2CH4.Br2/c1-5-12-10(13-6-2)9-11(14-7-3)15-8-4;2*9-4-6-5-11-8-7(6)2-1-3-10-8;8-6-4-10-7-5(6)2-1-3-9-7;1-2-6-3-5-9-7(6)8-4-1;6-5(7)4-2-1-3-8-4;;;1-2/h10-11H,5-9H2,1-4H3;1-3,5H,4,9H2;1-3,5H;1-4H;1-5H;1-3H;2*1H4;. The van der Waals surface area contributed by atoms with Gasteiger partial charge in [0.2, 0.25) is 0 Å². The highest BCUT2D eigenvalue weighted by molar-refractivity contribution is 9.93. The first-order chi connectivity index (χ1) is 32.3. The van der Waals surface area contributed by atoms with Gasteiger partial charge in [0.25, 0.3) is 0 Å². The molecule has 366 valence electrons. The van der Waals surface area contributed by atoms with Crippen molar-refractivity contribution < 1.29 is 23.9 Å². The summed E-state index contributed by atoms with van der Waals surface area (Å²) in [5.41, 5.74) is 7.45. The van der Waals surface area contributed by atoms with Gasteiger partial charge in [-0.3, -0.25) is 10.1 Å². The summed E-state index contributed by atoms with van der Waals surface area (Å²) in [4.78, 5) is 30.4. The summed E-state index contributed by atoms with van der Waals surface area (Å²) in [7, 11) is 0. The molecule has 68 heavy (non-hydrogen) atoms. The number of aromatic nitrogens is 4. The van der Waals surface area contributed by atoms with Crippen molar-refractivity contribution in [3.8, 4) is 6.07 Å². The fraction of sp³-hybridized carbons (Fsp3) is 0.298. The number of hydrogen-bond donors (Lipinski definition) is 1. The highest BCUT2D eigenvalue weighted by atomic mass is 80.9. The van der Waals surface area contributed by atoms with Crippen LogP contribution in [0.4, 0.5) is 5.00 Å². The van der Waals surface area contributed by atoms with Crippen LogP contribution in [0.25, 0.3) is 40.9 Å². The molecule has 21 heteroatoms. The largest absolute Gasteiger partial charge is 0.353 e. The normalized spacial score (nSPS) is 9.90. The van der Waals surface area contributed by atoms with Gasteiger partial charge in [-0.05, 0) is 114 Å². The fourth-order valence-corrected chi connectivity index (χ4v) is 9.85. The summed E-state index contributed by atoms with van der Waals surface area (Å²) in [6.45, 7) is 10.9. The second-order valence-electron chi connectivity index (χ2n) is 12.3. The third-order valence-corrected chi connectivity index (χ3v) is 13.5. The van der Waals surface area contributed by atoms with Crippen molar-refractivity contribution in [1.29, 1.82) is 5.26 Å². The zero-order valence-electron chi connectivity index (χ0n) is 36.3. The number of thiophene rings is 5. The van der Waals surface area contributed by atoms with Crippen molar-refractivity contribution in [2.75, 3.05) is 26.4 Å². The van der Waals surface area contributed by atoms with Crippen LogP contribution in [-0.2, 0) is 25.5 Å². The lowest BCUT2D eigenvalue weighted by molar-refractivity contribution is -0.380. The van der Waals surface area contributed by atoms with Crippen LogP contribution in [0.3, 0.4) is 0 Å². The molecule has 0 saturated carbocycles. The summed E-state index contributed by atoms with van der Waals surface area (Å²) in [6.07, 6.45) is 7.32. The van der Waals surface area contributed by atoms with E-state index in [9.17, 15) is 10.1 Å². The molecule has 9 rings (SSSR count). The summed E-state index contributed by atoms with van der Waals surface area (Å²) in [6, 6.07) is 23.1. The van der Waals surface area contributed by atoms with E-state index < -0.39 is 4.92 Å². The smallest absolute Gasteiger partial charge is 0.324 e. The lowest BCUT2D eigenvalue weighted by Crippen LogP contribution is -2.28. The van der Waals surface area contributed by atoms with Gasteiger partial charge in [0.1, 0.15) is 25.4 Å². The van der Waals surface area contributed by atoms with Gasteiger partial charge >= 0.3 is 5.00 Å². The maximum absolute atomic E-state index is 9.88. The molecule has 0 radical (unpaired) electrons. The Balaban J connectivity index is 0.000000406. The minimum Gasteiger partial charge on any atom is -0.353 e. The Labute approximate surface area is 442 Å². The number of hydrogen-bond acceptors (Lipinski definition) is 17. The SMILES string of the molecule is BrBr.Brc1csc2ncccc12.C.C.CCOC(CC(OCC)OCC)OCC.N#Cc1csc2ncccc12.NCc1csc2ncccc12.O=[N+]([O-])c1cccs1.c1cnc2sccc2c1. The van der Waals surface area contributed by atoms with E-state index in [1.54, 1.807) is 57.9 Å². The molecule has 0 aliphatic heterocycles. The number of rotatable bonds is 12. The van der Waals surface area contributed by atoms with Crippen molar-refractivity contribution in [3.63, 3.8) is 0 Å². The predicted octanol–water partition coefficient (Wildman–Crippen LogP) is 16.1.